The summed E-state index contributed by atoms with van der Waals surface area (Å²) in [5.41, 5.74) is 0.165. The number of methoxy groups -OCH3 is 1. The van der Waals surface area contributed by atoms with Crippen LogP contribution in [-0.4, -0.2) is 23.3 Å². The molecule has 0 spiro atoms. The summed E-state index contributed by atoms with van der Waals surface area (Å²) < 4.78 is 4.57. The molecule has 0 aliphatic carbocycles. The van der Waals surface area contributed by atoms with Crippen LogP contribution in [0.1, 0.15) is 10.4 Å². The second-order valence-corrected chi connectivity index (χ2v) is 3.08. The van der Waals surface area contributed by atoms with Crippen LogP contribution in [0, 0.1) is 0 Å². The third-order valence-corrected chi connectivity index (χ3v) is 2.30. The summed E-state index contributed by atoms with van der Waals surface area (Å²) in [6, 6.07) is 2.57. The van der Waals surface area contributed by atoms with Gasteiger partial charge in [-0.3, -0.25) is 0 Å². The van der Waals surface area contributed by atoms with Crippen molar-refractivity contribution in [2.24, 2.45) is 0 Å². The minimum absolute atomic E-state index is 0.124. The van der Waals surface area contributed by atoms with Crippen molar-refractivity contribution in [3.63, 3.8) is 0 Å². The van der Waals surface area contributed by atoms with Gasteiger partial charge in [0.1, 0.15) is 0 Å². The van der Waals surface area contributed by atoms with Gasteiger partial charge in [0.25, 0.3) is 0 Å². The highest BCUT2D eigenvalue weighted by Crippen LogP contribution is 2.35. The Morgan fingerprint density at radius 1 is 1.46 bits per heavy atom. The van der Waals surface area contributed by atoms with Gasteiger partial charge in [-0.2, -0.15) is 0 Å². The fourth-order valence-corrected chi connectivity index (χ4v) is 1.32. The Hall–Kier alpha value is -1.23. The molecular formula is C8H7BrO4. The van der Waals surface area contributed by atoms with Crippen LogP contribution in [0.5, 0.6) is 11.5 Å². The maximum atomic E-state index is 11.1. The van der Waals surface area contributed by atoms with Crippen LogP contribution in [-0.2, 0) is 4.74 Å². The third kappa shape index (κ3) is 1.75. The first-order chi connectivity index (χ1) is 6.07. The molecule has 70 valence electrons. The molecule has 0 unspecified atom stereocenters. The normalized spacial score (nSPS) is 9.69. The smallest absolute Gasteiger partial charge is 0.339 e. The first kappa shape index (κ1) is 9.85. The maximum Gasteiger partial charge on any atom is 0.339 e. The van der Waals surface area contributed by atoms with E-state index in [2.05, 4.69) is 20.7 Å². The molecule has 0 amide bonds. The number of carbonyl (C=O) groups is 1. The van der Waals surface area contributed by atoms with Gasteiger partial charge in [0, 0.05) is 0 Å². The Bertz CT molecular complexity index is 348. The number of rotatable bonds is 1. The predicted octanol–water partition coefficient (Wildman–Crippen LogP) is 1.65. The van der Waals surface area contributed by atoms with E-state index in [-0.39, 0.29) is 21.5 Å². The van der Waals surface area contributed by atoms with Crippen molar-refractivity contribution < 1.29 is 19.7 Å². The minimum Gasteiger partial charge on any atom is -0.504 e. The molecule has 0 atom stereocenters. The molecule has 1 aromatic rings. The van der Waals surface area contributed by atoms with Crippen molar-refractivity contribution in [3.05, 3.63) is 22.2 Å². The monoisotopic (exact) mass is 246 g/mol. The number of aromatic hydroxyl groups is 2. The van der Waals surface area contributed by atoms with Crippen LogP contribution in [0.25, 0.3) is 0 Å². The van der Waals surface area contributed by atoms with Gasteiger partial charge in [0.05, 0.1) is 17.1 Å². The highest BCUT2D eigenvalue weighted by Gasteiger charge is 2.15. The van der Waals surface area contributed by atoms with Crippen molar-refractivity contribution >= 4 is 21.9 Å². The topological polar surface area (TPSA) is 66.8 Å². The molecule has 0 saturated carbocycles. The van der Waals surface area contributed by atoms with Gasteiger partial charge in [0.2, 0.25) is 0 Å². The Labute approximate surface area is 82.9 Å². The Kier molecular flexibility index (Phi) is 2.77. The number of hydrogen-bond acceptors (Lipinski definition) is 4. The molecule has 0 aliphatic rings. The summed E-state index contributed by atoms with van der Waals surface area (Å²) in [7, 11) is 1.23. The van der Waals surface area contributed by atoms with E-state index in [9.17, 15) is 9.90 Å². The zero-order valence-electron chi connectivity index (χ0n) is 6.74. The highest BCUT2D eigenvalue weighted by molar-refractivity contribution is 9.10. The molecule has 2 N–H and O–H groups in total. The summed E-state index contributed by atoms with van der Waals surface area (Å²) in [5.74, 6) is -1.25. The van der Waals surface area contributed by atoms with E-state index in [1.165, 1.54) is 19.2 Å². The molecule has 0 aromatic heterocycles. The van der Waals surface area contributed by atoms with Crippen LogP contribution in [0.15, 0.2) is 16.6 Å². The van der Waals surface area contributed by atoms with Gasteiger partial charge >= 0.3 is 5.97 Å². The molecule has 4 nitrogen and oxygen atoms in total. The van der Waals surface area contributed by atoms with Gasteiger partial charge in [-0.15, -0.1) is 0 Å². The Balaban J connectivity index is 3.26. The number of hydrogen-bond donors (Lipinski definition) is 2. The molecule has 1 rings (SSSR count). The van der Waals surface area contributed by atoms with E-state index in [0.717, 1.165) is 0 Å². The fourth-order valence-electron chi connectivity index (χ4n) is 0.822. The molecule has 0 fully saturated rings. The van der Waals surface area contributed by atoms with Crippen molar-refractivity contribution in [1.29, 1.82) is 0 Å². The predicted molar refractivity (Wildman–Crippen MR) is 48.8 cm³/mol. The second kappa shape index (κ2) is 3.66. The molecule has 0 bridgehead atoms. The molecule has 0 saturated heterocycles. The lowest BCUT2D eigenvalue weighted by atomic mass is 10.2. The summed E-state index contributed by atoms with van der Waals surface area (Å²) in [6.45, 7) is 0. The van der Waals surface area contributed by atoms with Crippen LogP contribution in [0.4, 0.5) is 0 Å². The Morgan fingerprint density at radius 3 is 2.62 bits per heavy atom. The van der Waals surface area contributed by atoms with E-state index >= 15 is 0 Å². The quantitative estimate of drug-likeness (QED) is 0.584. The maximum absolute atomic E-state index is 11.1. The van der Waals surface area contributed by atoms with Crippen LogP contribution >= 0.6 is 15.9 Å². The fraction of sp³-hybridized carbons (Fsp3) is 0.125. The summed E-state index contributed by atoms with van der Waals surface area (Å²) in [4.78, 5) is 11.1. The van der Waals surface area contributed by atoms with Gasteiger partial charge < -0.3 is 14.9 Å². The first-order valence-corrected chi connectivity index (χ1v) is 4.16. The van der Waals surface area contributed by atoms with Crippen LogP contribution < -0.4 is 0 Å². The average Bonchev–Trinajstić information content (AvgIpc) is 2.13. The van der Waals surface area contributed by atoms with Gasteiger partial charge in [-0.1, -0.05) is 0 Å². The van der Waals surface area contributed by atoms with Gasteiger partial charge in [-0.05, 0) is 28.1 Å². The number of benzene rings is 1. The average molecular weight is 247 g/mol. The number of carbonyl (C=O) groups excluding carboxylic acids is 1. The van der Waals surface area contributed by atoms with Crippen molar-refractivity contribution in [3.8, 4) is 11.5 Å². The number of ether oxygens (including phenoxy) is 1. The summed E-state index contributed by atoms with van der Waals surface area (Å²) in [6.07, 6.45) is 0. The van der Waals surface area contributed by atoms with E-state index in [1.54, 1.807) is 0 Å². The van der Waals surface area contributed by atoms with E-state index in [1.807, 2.05) is 0 Å². The van der Waals surface area contributed by atoms with Crippen molar-refractivity contribution in [2.45, 2.75) is 0 Å². The summed E-state index contributed by atoms with van der Waals surface area (Å²) >= 11 is 2.96. The van der Waals surface area contributed by atoms with E-state index in [4.69, 9.17) is 5.11 Å². The SMILES string of the molecule is COC(=O)c1ccc(O)c(O)c1Br. The molecule has 0 aliphatic heterocycles. The van der Waals surface area contributed by atoms with Gasteiger partial charge in [-0.25, -0.2) is 4.79 Å². The van der Waals surface area contributed by atoms with Crippen LogP contribution in [0.3, 0.4) is 0 Å². The molecule has 5 heteroatoms. The first-order valence-electron chi connectivity index (χ1n) is 3.36. The lowest BCUT2D eigenvalue weighted by Gasteiger charge is -2.05. The van der Waals surface area contributed by atoms with Gasteiger partial charge in [0.15, 0.2) is 11.5 Å². The van der Waals surface area contributed by atoms with E-state index < -0.39 is 5.97 Å². The second-order valence-electron chi connectivity index (χ2n) is 2.29. The lowest BCUT2D eigenvalue weighted by Crippen LogP contribution is -2.01. The number of halogens is 1. The molecule has 1 aromatic carbocycles. The van der Waals surface area contributed by atoms with E-state index in [0.29, 0.717) is 0 Å². The third-order valence-electron chi connectivity index (χ3n) is 1.50. The largest absolute Gasteiger partial charge is 0.504 e. The van der Waals surface area contributed by atoms with Crippen molar-refractivity contribution in [2.75, 3.05) is 7.11 Å². The number of phenols is 2. The molecule has 0 radical (unpaired) electrons. The standard InChI is InChI=1S/C8H7BrO4/c1-13-8(12)4-2-3-5(10)7(11)6(4)9/h2-3,10-11H,1H3. The molecule has 0 heterocycles. The minimum atomic E-state index is -0.581. The number of esters is 1. The summed E-state index contributed by atoms with van der Waals surface area (Å²) in [5, 5.41) is 18.3. The highest BCUT2D eigenvalue weighted by atomic mass is 79.9. The van der Waals surface area contributed by atoms with Crippen LogP contribution in [0.2, 0.25) is 0 Å². The number of phenolic OH excluding ortho intramolecular Hbond substituents is 2. The zero-order valence-corrected chi connectivity index (χ0v) is 8.33. The molecular weight excluding hydrogens is 240 g/mol. The lowest BCUT2D eigenvalue weighted by molar-refractivity contribution is 0.0599. The van der Waals surface area contributed by atoms with Crippen molar-refractivity contribution in [1.82, 2.24) is 0 Å². The Morgan fingerprint density at radius 2 is 2.08 bits per heavy atom. The molecule has 13 heavy (non-hydrogen) atoms. The zero-order chi connectivity index (χ0) is 10.0.